The van der Waals surface area contributed by atoms with Crippen LogP contribution in [0.25, 0.3) is 0 Å². The fourth-order valence-electron chi connectivity index (χ4n) is 3.27. The van der Waals surface area contributed by atoms with Crippen molar-refractivity contribution in [3.8, 4) is 11.5 Å². The van der Waals surface area contributed by atoms with Crippen LogP contribution in [0.15, 0.2) is 18.2 Å². The van der Waals surface area contributed by atoms with Crippen LogP contribution in [0.3, 0.4) is 0 Å². The van der Waals surface area contributed by atoms with Crippen molar-refractivity contribution in [2.75, 3.05) is 26.8 Å². The van der Waals surface area contributed by atoms with Gasteiger partial charge in [0.15, 0.2) is 11.5 Å². The van der Waals surface area contributed by atoms with Crippen LogP contribution in [0.2, 0.25) is 0 Å². The van der Waals surface area contributed by atoms with E-state index in [2.05, 4.69) is 0 Å². The van der Waals surface area contributed by atoms with E-state index in [-0.39, 0.29) is 25.4 Å². The van der Waals surface area contributed by atoms with Crippen LogP contribution in [0.4, 0.5) is 4.79 Å². The van der Waals surface area contributed by atoms with Crippen LogP contribution in [0, 0.1) is 0 Å². The summed E-state index contributed by atoms with van der Waals surface area (Å²) in [6.07, 6.45) is 0.413. The summed E-state index contributed by atoms with van der Waals surface area (Å²) >= 11 is 0.896. The Morgan fingerprint density at radius 1 is 1.16 bits per heavy atom. The summed E-state index contributed by atoms with van der Waals surface area (Å²) < 4.78 is 24.3. The number of hydrogen-bond acceptors (Lipinski definition) is 9. The molecule has 0 spiro atoms. The molecule has 0 saturated carbocycles. The van der Waals surface area contributed by atoms with E-state index in [1.54, 1.807) is 32.9 Å². The molecule has 1 atom stereocenters. The molecular formula is C22H32N2O7S. The predicted molar refractivity (Wildman–Crippen MR) is 120 cm³/mol. The van der Waals surface area contributed by atoms with Crippen molar-refractivity contribution >= 4 is 30.2 Å². The first-order chi connectivity index (χ1) is 15.1. The SMILES string of the molecule is CCOC(=O)CN(SN(C)C(=O)Oc1cccc2c1OC(C)(C)C2)C(CC)C(=O)OCC. The van der Waals surface area contributed by atoms with Crippen LogP contribution >= 0.6 is 12.1 Å². The second kappa shape index (κ2) is 11.4. The van der Waals surface area contributed by atoms with Crippen LogP contribution < -0.4 is 9.47 Å². The number of esters is 2. The van der Waals surface area contributed by atoms with Crippen LogP contribution in [-0.4, -0.2) is 65.1 Å². The number of carbonyl (C=O) groups is 3. The van der Waals surface area contributed by atoms with Crippen molar-refractivity contribution in [2.24, 2.45) is 0 Å². The number of nitrogens with zero attached hydrogens (tertiary/aromatic N) is 2. The van der Waals surface area contributed by atoms with Crippen molar-refractivity contribution in [1.29, 1.82) is 0 Å². The molecule has 0 radical (unpaired) electrons. The quantitative estimate of drug-likeness (QED) is 0.377. The van der Waals surface area contributed by atoms with E-state index in [1.165, 1.54) is 15.7 Å². The molecule has 0 aromatic heterocycles. The predicted octanol–water partition coefficient (Wildman–Crippen LogP) is 3.60. The van der Waals surface area contributed by atoms with Gasteiger partial charge in [-0.3, -0.25) is 9.59 Å². The number of para-hydroxylation sites is 1. The van der Waals surface area contributed by atoms with Crippen molar-refractivity contribution in [1.82, 2.24) is 8.61 Å². The van der Waals surface area contributed by atoms with Gasteiger partial charge in [-0.2, -0.15) is 0 Å². The van der Waals surface area contributed by atoms with Crippen molar-refractivity contribution in [3.63, 3.8) is 0 Å². The lowest BCUT2D eigenvalue weighted by molar-refractivity contribution is -0.149. The number of benzene rings is 1. The Morgan fingerprint density at radius 3 is 2.47 bits per heavy atom. The van der Waals surface area contributed by atoms with Gasteiger partial charge in [0, 0.05) is 31.2 Å². The monoisotopic (exact) mass is 468 g/mol. The summed E-state index contributed by atoms with van der Waals surface area (Å²) in [6.45, 7) is 9.35. The molecule has 178 valence electrons. The van der Waals surface area contributed by atoms with E-state index in [0.29, 0.717) is 24.3 Å². The molecule has 1 heterocycles. The van der Waals surface area contributed by atoms with Gasteiger partial charge in [-0.25, -0.2) is 13.4 Å². The van der Waals surface area contributed by atoms with E-state index >= 15 is 0 Å². The molecule has 1 aromatic rings. The molecular weight excluding hydrogens is 436 g/mol. The number of fused-ring (bicyclic) bond motifs is 1. The highest BCUT2D eigenvalue weighted by atomic mass is 32.2. The average Bonchev–Trinajstić information content (AvgIpc) is 3.03. The lowest BCUT2D eigenvalue weighted by atomic mass is 10.0. The maximum absolute atomic E-state index is 12.8. The number of hydrogen-bond donors (Lipinski definition) is 0. The molecule has 0 bridgehead atoms. The Kier molecular flexibility index (Phi) is 9.21. The minimum Gasteiger partial charge on any atom is -0.483 e. The lowest BCUT2D eigenvalue weighted by Gasteiger charge is -2.30. The highest BCUT2D eigenvalue weighted by Crippen LogP contribution is 2.42. The molecule has 1 aliphatic rings. The number of amides is 1. The summed E-state index contributed by atoms with van der Waals surface area (Å²) in [6, 6.07) is 4.66. The van der Waals surface area contributed by atoms with Crippen molar-refractivity contribution in [3.05, 3.63) is 23.8 Å². The third kappa shape index (κ3) is 6.77. The fraction of sp³-hybridized carbons (Fsp3) is 0.591. The summed E-state index contributed by atoms with van der Waals surface area (Å²) in [5.41, 5.74) is 0.587. The Hall–Kier alpha value is -2.46. The zero-order valence-electron chi connectivity index (χ0n) is 19.5. The molecule has 0 N–H and O–H groups in total. The highest BCUT2D eigenvalue weighted by Gasteiger charge is 2.34. The first kappa shape index (κ1) is 25.8. The van der Waals surface area contributed by atoms with Gasteiger partial charge in [-0.1, -0.05) is 19.1 Å². The summed E-state index contributed by atoms with van der Waals surface area (Å²) in [7, 11) is 1.50. The molecule has 1 amide bonds. The minimum atomic E-state index is -0.746. The number of ether oxygens (including phenoxy) is 4. The molecule has 2 rings (SSSR count). The van der Waals surface area contributed by atoms with Gasteiger partial charge in [0.25, 0.3) is 0 Å². The fourth-order valence-corrected chi connectivity index (χ4v) is 4.20. The van der Waals surface area contributed by atoms with E-state index < -0.39 is 24.1 Å². The third-order valence-corrected chi connectivity index (χ3v) is 5.61. The molecule has 10 heteroatoms. The Morgan fingerprint density at radius 2 is 1.84 bits per heavy atom. The van der Waals surface area contributed by atoms with Crippen molar-refractivity contribution in [2.45, 2.75) is 59.1 Å². The summed E-state index contributed by atoms with van der Waals surface area (Å²) in [4.78, 5) is 37.3. The molecule has 0 saturated heterocycles. The molecule has 1 unspecified atom stereocenters. The zero-order chi connectivity index (χ0) is 23.9. The van der Waals surface area contributed by atoms with Gasteiger partial charge >= 0.3 is 18.0 Å². The Bertz CT molecular complexity index is 830. The molecule has 0 aliphatic carbocycles. The Balaban J connectivity index is 2.14. The Labute approximate surface area is 193 Å². The normalized spacial score (nSPS) is 14.8. The second-order valence-electron chi connectivity index (χ2n) is 7.79. The summed E-state index contributed by atoms with van der Waals surface area (Å²) in [5.74, 6) is -0.128. The number of rotatable bonds is 10. The molecule has 9 nitrogen and oxygen atoms in total. The van der Waals surface area contributed by atoms with Crippen LogP contribution in [0.5, 0.6) is 11.5 Å². The lowest BCUT2D eigenvalue weighted by Crippen LogP contribution is -2.43. The van der Waals surface area contributed by atoms with Gasteiger partial charge in [0.2, 0.25) is 0 Å². The molecule has 1 aromatic carbocycles. The van der Waals surface area contributed by atoms with Gasteiger partial charge in [0.05, 0.1) is 13.2 Å². The zero-order valence-corrected chi connectivity index (χ0v) is 20.3. The minimum absolute atomic E-state index is 0.203. The highest BCUT2D eigenvalue weighted by molar-refractivity contribution is 7.95. The topological polar surface area (TPSA) is 94.6 Å². The van der Waals surface area contributed by atoms with Gasteiger partial charge in [0.1, 0.15) is 18.2 Å². The van der Waals surface area contributed by atoms with Crippen LogP contribution in [0.1, 0.15) is 46.6 Å². The summed E-state index contributed by atoms with van der Waals surface area (Å²) in [5, 5.41) is 0. The van der Waals surface area contributed by atoms with Crippen LogP contribution in [-0.2, 0) is 25.5 Å². The maximum atomic E-state index is 12.8. The van der Waals surface area contributed by atoms with Gasteiger partial charge < -0.3 is 18.9 Å². The first-order valence-electron chi connectivity index (χ1n) is 10.6. The first-order valence-corrected chi connectivity index (χ1v) is 11.4. The van der Waals surface area contributed by atoms with Gasteiger partial charge in [-0.05, 0) is 40.2 Å². The van der Waals surface area contributed by atoms with E-state index in [9.17, 15) is 14.4 Å². The third-order valence-electron chi connectivity index (χ3n) is 4.62. The van der Waals surface area contributed by atoms with E-state index in [0.717, 1.165) is 17.7 Å². The molecule has 32 heavy (non-hydrogen) atoms. The van der Waals surface area contributed by atoms with E-state index in [1.807, 2.05) is 19.9 Å². The average molecular weight is 469 g/mol. The number of carbonyl (C=O) groups excluding carboxylic acids is 3. The smallest absolute Gasteiger partial charge is 0.426 e. The second-order valence-corrected chi connectivity index (χ2v) is 8.97. The molecule has 0 fully saturated rings. The van der Waals surface area contributed by atoms with E-state index in [4.69, 9.17) is 18.9 Å². The van der Waals surface area contributed by atoms with Crippen molar-refractivity contribution < 1.29 is 33.3 Å². The maximum Gasteiger partial charge on any atom is 0.426 e. The largest absolute Gasteiger partial charge is 0.483 e. The van der Waals surface area contributed by atoms with Gasteiger partial charge in [-0.15, -0.1) is 0 Å². The standard InChI is InChI=1S/C22H32N2O7S/c1-7-16(20(26)29-9-3)24(14-18(25)28-8-2)32-23(6)21(27)30-17-12-10-11-15-13-22(4,5)31-19(15)17/h10-12,16H,7-9,13-14H2,1-6H3. The molecule has 1 aliphatic heterocycles.